The maximum absolute atomic E-state index is 12.3. The van der Waals surface area contributed by atoms with Gasteiger partial charge < -0.3 is 9.64 Å². The Morgan fingerprint density at radius 2 is 1.93 bits per heavy atom. The number of tetrazole rings is 1. The summed E-state index contributed by atoms with van der Waals surface area (Å²) < 4.78 is 8.27. The van der Waals surface area contributed by atoms with E-state index in [1.807, 2.05) is 54.6 Å². The van der Waals surface area contributed by atoms with Gasteiger partial charge in [-0.3, -0.25) is 4.79 Å². The highest BCUT2D eigenvalue weighted by Crippen LogP contribution is 2.18. The van der Waals surface area contributed by atoms with Gasteiger partial charge in [-0.2, -0.15) is 4.68 Å². The highest BCUT2D eigenvalue weighted by atomic mass is 79.9. The molecule has 9 heteroatoms. The second kappa shape index (κ2) is 9.52. The van der Waals surface area contributed by atoms with Crippen LogP contribution in [0.4, 0.5) is 0 Å². The van der Waals surface area contributed by atoms with Crippen molar-refractivity contribution in [2.24, 2.45) is 0 Å². The first-order valence-corrected chi connectivity index (χ1v) is 10.0. The van der Waals surface area contributed by atoms with Crippen LogP contribution >= 0.6 is 27.7 Å². The second-order valence-corrected chi connectivity index (χ2v) is 7.47. The number of likely N-dealkylation sites (N-methyl/N-ethyl adjacent to an activating group) is 1. The van der Waals surface area contributed by atoms with Gasteiger partial charge in [0.05, 0.1) is 18.0 Å². The van der Waals surface area contributed by atoms with Crippen LogP contribution in [0.15, 0.2) is 64.2 Å². The molecule has 3 rings (SSSR count). The van der Waals surface area contributed by atoms with E-state index < -0.39 is 0 Å². The Kier molecular flexibility index (Phi) is 6.83. The van der Waals surface area contributed by atoms with E-state index in [0.717, 1.165) is 15.9 Å². The third-order valence-corrected chi connectivity index (χ3v) is 5.13. The van der Waals surface area contributed by atoms with Crippen LogP contribution in [0.3, 0.4) is 0 Å². The largest absolute Gasteiger partial charge is 0.492 e. The van der Waals surface area contributed by atoms with Crippen LogP contribution in [0.5, 0.6) is 5.75 Å². The van der Waals surface area contributed by atoms with Crippen molar-refractivity contribution in [2.75, 3.05) is 26.0 Å². The minimum absolute atomic E-state index is 0.0120. The molecule has 27 heavy (non-hydrogen) atoms. The van der Waals surface area contributed by atoms with Gasteiger partial charge in [0.1, 0.15) is 12.4 Å². The first-order valence-electron chi connectivity index (χ1n) is 8.22. The van der Waals surface area contributed by atoms with Crippen LogP contribution < -0.4 is 4.74 Å². The fourth-order valence-electron chi connectivity index (χ4n) is 2.19. The number of hydrogen-bond donors (Lipinski definition) is 0. The minimum atomic E-state index is -0.0120. The molecule has 0 aliphatic rings. The predicted molar refractivity (Wildman–Crippen MR) is 107 cm³/mol. The van der Waals surface area contributed by atoms with Crippen molar-refractivity contribution in [3.63, 3.8) is 0 Å². The van der Waals surface area contributed by atoms with Crippen molar-refractivity contribution in [1.29, 1.82) is 0 Å². The molecule has 1 amide bonds. The highest BCUT2D eigenvalue weighted by Gasteiger charge is 2.14. The number of carbonyl (C=O) groups is 1. The summed E-state index contributed by atoms with van der Waals surface area (Å²) in [7, 11) is 1.76. The molecule has 1 aromatic heterocycles. The Labute approximate surface area is 169 Å². The molecule has 0 saturated heterocycles. The average molecular weight is 448 g/mol. The van der Waals surface area contributed by atoms with Crippen LogP contribution in [0.25, 0.3) is 5.69 Å². The van der Waals surface area contributed by atoms with Crippen molar-refractivity contribution < 1.29 is 9.53 Å². The average Bonchev–Trinajstić information content (AvgIpc) is 3.17. The quantitative estimate of drug-likeness (QED) is 0.494. The smallest absolute Gasteiger partial charge is 0.232 e. The number of nitrogens with zero attached hydrogens (tertiary/aromatic N) is 5. The molecule has 7 nitrogen and oxygen atoms in total. The molecule has 1 heterocycles. The molecule has 0 aliphatic carbocycles. The van der Waals surface area contributed by atoms with Gasteiger partial charge in [-0.25, -0.2) is 0 Å². The normalized spacial score (nSPS) is 10.6. The predicted octanol–water partition coefficient (Wildman–Crippen LogP) is 3.05. The number of para-hydroxylation sites is 1. The van der Waals surface area contributed by atoms with Crippen LogP contribution in [0.1, 0.15) is 0 Å². The van der Waals surface area contributed by atoms with Crippen molar-refractivity contribution in [2.45, 2.75) is 5.16 Å². The van der Waals surface area contributed by atoms with Gasteiger partial charge >= 0.3 is 0 Å². The molecule has 0 atom stereocenters. The monoisotopic (exact) mass is 447 g/mol. The Balaban J connectivity index is 1.46. The van der Waals surface area contributed by atoms with E-state index in [2.05, 4.69) is 31.5 Å². The van der Waals surface area contributed by atoms with Crippen molar-refractivity contribution >= 4 is 33.6 Å². The maximum atomic E-state index is 12.3. The van der Waals surface area contributed by atoms with E-state index in [1.54, 1.807) is 16.6 Å². The SMILES string of the molecule is CN(CCOc1ccc(Br)cc1)C(=O)CSc1nnnn1-c1ccccc1. The number of hydrogen-bond acceptors (Lipinski definition) is 6. The summed E-state index contributed by atoms with van der Waals surface area (Å²) in [6.07, 6.45) is 0. The Morgan fingerprint density at radius 1 is 1.19 bits per heavy atom. The highest BCUT2D eigenvalue weighted by molar-refractivity contribution is 9.10. The van der Waals surface area contributed by atoms with Crippen LogP contribution in [-0.2, 0) is 4.79 Å². The molecule has 2 aromatic carbocycles. The number of carbonyl (C=O) groups excluding carboxylic acids is 1. The zero-order valence-corrected chi connectivity index (χ0v) is 17.1. The third kappa shape index (κ3) is 5.54. The summed E-state index contributed by atoms with van der Waals surface area (Å²) in [6, 6.07) is 17.2. The Hall–Kier alpha value is -2.39. The summed E-state index contributed by atoms with van der Waals surface area (Å²) in [4.78, 5) is 14.0. The second-order valence-electron chi connectivity index (χ2n) is 5.62. The van der Waals surface area contributed by atoms with E-state index in [-0.39, 0.29) is 11.7 Å². The molecular weight excluding hydrogens is 430 g/mol. The maximum Gasteiger partial charge on any atom is 0.232 e. The minimum Gasteiger partial charge on any atom is -0.492 e. The molecule has 140 valence electrons. The van der Waals surface area contributed by atoms with Gasteiger partial charge in [-0.15, -0.1) is 5.10 Å². The van der Waals surface area contributed by atoms with Gasteiger partial charge in [0, 0.05) is 11.5 Å². The van der Waals surface area contributed by atoms with Gasteiger partial charge in [-0.1, -0.05) is 45.9 Å². The zero-order valence-electron chi connectivity index (χ0n) is 14.7. The van der Waals surface area contributed by atoms with Crippen molar-refractivity contribution in [1.82, 2.24) is 25.1 Å². The molecule has 3 aromatic rings. The lowest BCUT2D eigenvalue weighted by molar-refractivity contribution is -0.127. The number of ether oxygens (including phenoxy) is 1. The lowest BCUT2D eigenvalue weighted by atomic mass is 10.3. The van der Waals surface area contributed by atoms with E-state index in [0.29, 0.717) is 18.3 Å². The molecule has 0 aliphatic heterocycles. The third-order valence-electron chi connectivity index (χ3n) is 3.70. The number of benzene rings is 2. The van der Waals surface area contributed by atoms with Gasteiger partial charge in [0.25, 0.3) is 0 Å². The molecule has 0 bridgehead atoms. The van der Waals surface area contributed by atoms with E-state index in [4.69, 9.17) is 4.74 Å². The lowest BCUT2D eigenvalue weighted by Crippen LogP contribution is -2.32. The summed E-state index contributed by atoms with van der Waals surface area (Å²) in [5.74, 6) is 1.01. The lowest BCUT2D eigenvalue weighted by Gasteiger charge is -2.17. The number of aromatic nitrogens is 4. The first-order chi connectivity index (χ1) is 13.1. The fourth-order valence-corrected chi connectivity index (χ4v) is 3.29. The summed E-state index contributed by atoms with van der Waals surface area (Å²) in [5, 5.41) is 12.3. The summed E-state index contributed by atoms with van der Waals surface area (Å²) >= 11 is 4.69. The van der Waals surface area contributed by atoms with E-state index in [9.17, 15) is 4.79 Å². The fraction of sp³-hybridized carbons (Fsp3) is 0.222. The molecule has 0 unspecified atom stereocenters. The van der Waals surface area contributed by atoms with Gasteiger partial charge in [-0.05, 0) is 46.8 Å². The Bertz CT molecular complexity index is 873. The zero-order chi connectivity index (χ0) is 19.1. The summed E-state index contributed by atoms with van der Waals surface area (Å²) in [5.41, 5.74) is 0.855. The molecular formula is C18H18BrN5O2S. The molecule has 0 N–H and O–H groups in total. The first kappa shape index (κ1) is 19.4. The number of amides is 1. The standard InChI is InChI=1S/C18H18BrN5O2S/c1-23(11-12-26-16-9-7-14(19)8-10-16)17(25)13-27-18-20-21-22-24(18)15-5-3-2-4-6-15/h2-10H,11-13H2,1H3. The van der Waals surface area contributed by atoms with Crippen LogP contribution in [0.2, 0.25) is 0 Å². The van der Waals surface area contributed by atoms with Gasteiger partial charge in [0.2, 0.25) is 11.1 Å². The van der Waals surface area contributed by atoms with E-state index in [1.165, 1.54) is 11.8 Å². The van der Waals surface area contributed by atoms with Gasteiger partial charge in [0.15, 0.2) is 0 Å². The van der Waals surface area contributed by atoms with E-state index >= 15 is 0 Å². The molecule has 0 fully saturated rings. The number of halogens is 1. The number of thioether (sulfide) groups is 1. The Morgan fingerprint density at radius 3 is 2.67 bits per heavy atom. The molecule has 0 saturated carbocycles. The molecule has 0 radical (unpaired) electrons. The topological polar surface area (TPSA) is 73.1 Å². The van der Waals surface area contributed by atoms with Crippen molar-refractivity contribution in [3.8, 4) is 11.4 Å². The summed E-state index contributed by atoms with van der Waals surface area (Å²) in [6.45, 7) is 0.926. The van der Waals surface area contributed by atoms with Crippen molar-refractivity contribution in [3.05, 3.63) is 59.1 Å². The van der Waals surface area contributed by atoms with Crippen LogP contribution in [-0.4, -0.2) is 57.0 Å². The van der Waals surface area contributed by atoms with Crippen LogP contribution in [0, 0.1) is 0 Å². The molecule has 0 spiro atoms. The number of rotatable bonds is 8.